The van der Waals surface area contributed by atoms with Gasteiger partial charge < -0.3 is 14.8 Å². The van der Waals surface area contributed by atoms with Crippen molar-refractivity contribution in [3.63, 3.8) is 0 Å². The summed E-state index contributed by atoms with van der Waals surface area (Å²) < 4.78 is 81.4. The molecule has 4 rings (SSSR count). The number of nitrogens with zero attached hydrogens (tertiary/aromatic N) is 2. The fraction of sp³-hybridized carbons (Fsp3) is 0.290. The average Bonchev–Trinajstić information content (AvgIpc) is 3.23. The molecule has 0 bridgehead atoms. The molecule has 2 unspecified atom stereocenters. The van der Waals surface area contributed by atoms with E-state index in [1.54, 1.807) is 60.7 Å². The van der Waals surface area contributed by atoms with Crippen molar-refractivity contribution in [1.82, 2.24) is 9.96 Å². The van der Waals surface area contributed by atoms with Crippen LogP contribution in [0, 0.1) is 0 Å². The van der Waals surface area contributed by atoms with Gasteiger partial charge in [-0.1, -0.05) is 65.7 Å². The Kier molecular flexibility index (Phi) is 9.66. The van der Waals surface area contributed by atoms with E-state index < -0.39 is 83.6 Å². The fourth-order valence-electron chi connectivity index (χ4n) is 5.08. The van der Waals surface area contributed by atoms with Gasteiger partial charge in [0.25, 0.3) is 17.7 Å². The molecule has 3 aromatic rings. The number of carbonyl (C=O) groups excluding carboxylic acids is 4. The predicted molar refractivity (Wildman–Crippen MR) is 145 cm³/mol. The van der Waals surface area contributed by atoms with Crippen LogP contribution in [-0.4, -0.2) is 58.0 Å². The van der Waals surface area contributed by atoms with E-state index in [0.717, 1.165) is 4.90 Å². The van der Waals surface area contributed by atoms with Gasteiger partial charge in [0.2, 0.25) is 0 Å². The van der Waals surface area contributed by atoms with E-state index in [4.69, 9.17) is 4.84 Å². The minimum absolute atomic E-state index is 0.0844. The SMILES string of the molecule is CN(C(=O)c1cc(C(F)(F)F)cc(C(F)(F)F)c1)C(CCC(=O)ON1C(=O)CC(O)C1=O)C(c1ccccc1)c1ccccc1. The maximum absolute atomic E-state index is 13.7. The number of rotatable bonds is 9. The normalized spacial score (nSPS) is 16.2. The standard InChI is InChI=1S/C31H26F6N2O6/c1-38(28(43)20-14-21(30(32,33)34)16-22(15-20)31(35,36)37)23(12-13-26(42)45-39-25(41)17-24(40)29(39)44)27(18-8-4-2-5-9-18)19-10-6-3-7-11-19/h2-11,14-16,23-24,27,40H,12-13,17H2,1H3. The number of likely N-dealkylation sites (N-methyl/N-ethyl adjacent to an activating group) is 1. The molecule has 8 nitrogen and oxygen atoms in total. The Hall–Kier alpha value is -4.72. The van der Waals surface area contributed by atoms with Crippen LogP contribution in [-0.2, 0) is 31.6 Å². The van der Waals surface area contributed by atoms with Gasteiger partial charge in [-0.3, -0.25) is 14.4 Å². The van der Waals surface area contributed by atoms with Crippen molar-refractivity contribution in [3.05, 3.63) is 107 Å². The highest BCUT2D eigenvalue weighted by Crippen LogP contribution is 2.38. The summed E-state index contributed by atoms with van der Waals surface area (Å²) in [5.41, 5.74) is -3.00. The van der Waals surface area contributed by atoms with Gasteiger partial charge in [-0.2, -0.15) is 26.3 Å². The van der Waals surface area contributed by atoms with Gasteiger partial charge in [0.15, 0.2) is 0 Å². The zero-order valence-corrected chi connectivity index (χ0v) is 23.5. The van der Waals surface area contributed by atoms with Gasteiger partial charge in [0.05, 0.1) is 17.5 Å². The Bertz CT molecular complexity index is 1490. The zero-order chi connectivity index (χ0) is 33.1. The van der Waals surface area contributed by atoms with Crippen LogP contribution in [0.2, 0.25) is 0 Å². The van der Waals surface area contributed by atoms with E-state index in [0.29, 0.717) is 23.3 Å². The first-order valence-electron chi connectivity index (χ1n) is 13.5. The Balaban J connectivity index is 1.74. The molecule has 0 radical (unpaired) electrons. The van der Waals surface area contributed by atoms with Gasteiger partial charge in [-0.05, 0) is 35.7 Å². The lowest BCUT2D eigenvalue weighted by atomic mass is 9.82. The minimum Gasteiger partial charge on any atom is -0.383 e. The predicted octanol–water partition coefficient (Wildman–Crippen LogP) is 5.36. The summed E-state index contributed by atoms with van der Waals surface area (Å²) in [6.07, 6.45) is -13.5. The van der Waals surface area contributed by atoms with Crippen LogP contribution in [0.5, 0.6) is 0 Å². The molecule has 1 heterocycles. The number of imide groups is 1. The second-order valence-corrected chi connectivity index (χ2v) is 10.3. The van der Waals surface area contributed by atoms with Crippen molar-refractivity contribution in [1.29, 1.82) is 0 Å². The third-order valence-electron chi connectivity index (χ3n) is 7.27. The number of hydroxylamine groups is 2. The summed E-state index contributed by atoms with van der Waals surface area (Å²) in [7, 11) is 1.19. The van der Waals surface area contributed by atoms with Crippen LogP contribution in [0.4, 0.5) is 26.3 Å². The lowest BCUT2D eigenvalue weighted by Crippen LogP contribution is -2.42. The van der Waals surface area contributed by atoms with Gasteiger partial charge >= 0.3 is 18.3 Å². The van der Waals surface area contributed by atoms with E-state index in [-0.39, 0.29) is 17.6 Å². The maximum Gasteiger partial charge on any atom is 0.416 e. The van der Waals surface area contributed by atoms with Crippen molar-refractivity contribution in [2.24, 2.45) is 0 Å². The summed E-state index contributed by atoms with van der Waals surface area (Å²) in [6, 6.07) is 16.5. The largest absolute Gasteiger partial charge is 0.416 e. The first-order valence-corrected chi connectivity index (χ1v) is 13.5. The second kappa shape index (κ2) is 13.1. The molecule has 3 amide bonds. The highest BCUT2D eigenvalue weighted by molar-refractivity contribution is 6.04. The molecule has 238 valence electrons. The highest BCUT2D eigenvalue weighted by Gasteiger charge is 2.42. The van der Waals surface area contributed by atoms with E-state index >= 15 is 0 Å². The van der Waals surface area contributed by atoms with E-state index in [1.165, 1.54) is 7.05 Å². The zero-order valence-electron chi connectivity index (χ0n) is 23.5. The van der Waals surface area contributed by atoms with E-state index in [9.17, 15) is 50.6 Å². The summed E-state index contributed by atoms with van der Waals surface area (Å²) in [4.78, 5) is 56.2. The van der Waals surface area contributed by atoms with Crippen molar-refractivity contribution in [2.45, 2.75) is 49.7 Å². The lowest BCUT2D eigenvalue weighted by molar-refractivity contribution is -0.199. The molecular weight excluding hydrogens is 610 g/mol. The molecule has 1 N–H and O–H groups in total. The number of amides is 3. The Morgan fingerprint density at radius 3 is 1.80 bits per heavy atom. The molecule has 0 spiro atoms. The third-order valence-corrected chi connectivity index (χ3v) is 7.27. The first kappa shape index (κ1) is 33.2. The van der Waals surface area contributed by atoms with Crippen LogP contribution >= 0.6 is 0 Å². The molecular formula is C31H26F6N2O6. The van der Waals surface area contributed by atoms with Crippen molar-refractivity contribution >= 4 is 23.7 Å². The molecule has 0 aromatic heterocycles. The van der Waals surface area contributed by atoms with Gasteiger partial charge in [0.1, 0.15) is 6.10 Å². The summed E-state index contributed by atoms with van der Waals surface area (Å²) >= 11 is 0. The van der Waals surface area contributed by atoms with Crippen LogP contribution in [0.15, 0.2) is 78.9 Å². The number of carbonyl (C=O) groups is 4. The third kappa shape index (κ3) is 7.69. The highest BCUT2D eigenvalue weighted by atomic mass is 19.4. The molecule has 1 saturated heterocycles. The fourth-order valence-corrected chi connectivity index (χ4v) is 5.08. The Labute approximate surface area is 252 Å². The monoisotopic (exact) mass is 636 g/mol. The minimum atomic E-state index is -5.19. The number of hydrogen-bond acceptors (Lipinski definition) is 6. The maximum atomic E-state index is 13.7. The second-order valence-electron chi connectivity index (χ2n) is 10.3. The Morgan fingerprint density at radius 1 is 0.889 bits per heavy atom. The van der Waals surface area contributed by atoms with Crippen LogP contribution in [0.1, 0.15) is 57.8 Å². The molecule has 3 aromatic carbocycles. The molecule has 1 aliphatic rings. The number of aliphatic hydroxyl groups is 1. The van der Waals surface area contributed by atoms with Crippen molar-refractivity contribution in [3.8, 4) is 0 Å². The van der Waals surface area contributed by atoms with Gasteiger partial charge in [-0.25, -0.2) is 4.79 Å². The van der Waals surface area contributed by atoms with Crippen LogP contribution in [0.3, 0.4) is 0 Å². The smallest absolute Gasteiger partial charge is 0.383 e. The number of halogens is 6. The van der Waals surface area contributed by atoms with Crippen LogP contribution < -0.4 is 0 Å². The molecule has 1 fully saturated rings. The Morgan fingerprint density at radius 2 is 1.38 bits per heavy atom. The van der Waals surface area contributed by atoms with E-state index in [2.05, 4.69) is 0 Å². The number of benzene rings is 3. The topological polar surface area (TPSA) is 104 Å². The van der Waals surface area contributed by atoms with E-state index in [1.807, 2.05) is 0 Å². The molecule has 0 aliphatic carbocycles. The number of hydrogen-bond donors (Lipinski definition) is 1. The van der Waals surface area contributed by atoms with Gasteiger partial charge in [-0.15, -0.1) is 0 Å². The number of alkyl halides is 6. The lowest BCUT2D eigenvalue weighted by Gasteiger charge is -2.36. The molecule has 1 aliphatic heterocycles. The van der Waals surface area contributed by atoms with Gasteiger partial charge in [0, 0.05) is 31.0 Å². The first-order chi connectivity index (χ1) is 21.1. The van der Waals surface area contributed by atoms with Crippen LogP contribution in [0.25, 0.3) is 0 Å². The molecule has 45 heavy (non-hydrogen) atoms. The average molecular weight is 637 g/mol. The summed E-state index contributed by atoms with van der Waals surface area (Å²) in [6.45, 7) is 0. The molecule has 2 atom stereocenters. The summed E-state index contributed by atoms with van der Waals surface area (Å²) in [5, 5.41) is 9.72. The quantitative estimate of drug-likeness (QED) is 0.251. The molecule has 14 heteroatoms. The van der Waals surface area contributed by atoms with Crippen molar-refractivity contribution < 1.29 is 55.5 Å². The molecule has 0 saturated carbocycles. The summed E-state index contributed by atoms with van der Waals surface area (Å²) in [5.74, 6) is -5.14. The van der Waals surface area contributed by atoms with Crippen molar-refractivity contribution in [2.75, 3.05) is 7.05 Å². The number of aliphatic hydroxyl groups excluding tert-OH is 1.